The SMILES string of the molecule is Cc1cc(COC(=O)C23C[C@@H]4C[C@@H](CC(Br)(C4)C2)C3)no1. The lowest BCUT2D eigenvalue weighted by molar-refractivity contribution is -0.171. The molecule has 0 aromatic carbocycles. The molecule has 4 saturated carbocycles. The number of hydrogen-bond acceptors (Lipinski definition) is 4. The average molecular weight is 354 g/mol. The van der Waals surface area contributed by atoms with Crippen LogP contribution in [-0.2, 0) is 16.1 Å². The van der Waals surface area contributed by atoms with E-state index in [2.05, 4.69) is 21.1 Å². The molecule has 1 heterocycles. The number of aryl methyl sites for hydroxylation is 1. The summed E-state index contributed by atoms with van der Waals surface area (Å²) in [6.45, 7) is 2.06. The summed E-state index contributed by atoms with van der Waals surface area (Å²) in [6, 6.07) is 1.82. The molecule has 4 fully saturated rings. The van der Waals surface area contributed by atoms with Gasteiger partial charge in [0.15, 0.2) is 0 Å². The Morgan fingerprint density at radius 3 is 2.71 bits per heavy atom. The zero-order chi connectivity index (χ0) is 14.7. The second-order valence-corrected chi connectivity index (χ2v) is 9.08. The number of nitrogens with zero attached hydrogens (tertiary/aromatic N) is 1. The van der Waals surface area contributed by atoms with E-state index in [4.69, 9.17) is 9.26 Å². The predicted octanol–water partition coefficient (Wildman–Crippen LogP) is 3.76. The van der Waals surface area contributed by atoms with Gasteiger partial charge in [0, 0.05) is 10.4 Å². The minimum atomic E-state index is -0.258. The lowest BCUT2D eigenvalue weighted by atomic mass is 9.49. The normalized spacial score (nSPS) is 40.5. The summed E-state index contributed by atoms with van der Waals surface area (Å²) in [5.41, 5.74) is 0.436. The molecule has 4 atom stereocenters. The molecule has 1 aromatic rings. The van der Waals surface area contributed by atoms with Crippen LogP contribution in [0, 0.1) is 24.2 Å². The highest BCUT2D eigenvalue weighted by Gasteiger charge is 2.60. The van der Waals surface area contributed by atoms with Crippen molar-refractivity contribution in [1.29, 1.82) is 0 Å². The fraction of sp³-hybridized carbons (Fsp3) is 0.750. The zero-order valence-corrected chi connectivity index (χ0v) is 13.8. The largest absolute Gasteiger partial charge is 0.459 e. The summed E-state index contributed by atoms with van der Waals surface area (Å²) in [5.74, 6) is 2.09. The number of alkyl halides is 1. The number of carbonyl (C=O) groups excluding carboxylic acids is 1. The van der Waals surface area contributed by atoms with Crippen LogP contribution in [0.4, 0.5) is 0 Å². The second-order valence-electron chi connectivity index (χ2n) is 7.40. The maximum atomic E-state index is 12.7. The summed E-state index contributed by atoms with van der Waals surface area (Å²) in [7, 11) is 0. The smallest absolute Gasteiger partial charge is 0.312 e. The molecule has 4 aliphatic rings. The van der Waals surface area contributed by atoms with E-state index >= 15 is 0 Å². The number of ether oxygens (including phenoxy) is 1. The Hall–Kier alpha value is -0.840. The third kappa shape index (κ3) is 2.33. The predicted molar refractivity (Wildman–Crippen MR) is 79.8 cm³/mol. The van der Waals surface area contributed by atoms with Crippen molar-refractivity contribution in [2.45, 2.75) is 56.4 Å². The molecule has 0 N–H and O–H groups in total. The molecule has 5 heteroatoms. The van der Waals surface area contributed by atoms with Crippen molar-refractivity contribution >= 4 is 21.9 Å². The van der Waals surface area contributed by atoms with Gasteiger partial charge in [0.05, 0.1) is 5.41 Å². The molecule has 0 spiro atoms. The minimum Gasteiger partial charge on any atom is -0.459 e. The van der Waals surface area contributed by atoms with Crippen LogP contribution in [0.1, 0.15) is 50.0 Å². The molecule has 114 valence electrons. The standard InChI is InChI=1S/C16H20BrNO3/c1-10-2-13(18-21-10)8-20-14(19)15-4-11-3-12(5-15)7-16(17,6-11)9-15/h2,11-12H,3-9H2,1H3/t11-,12+,15?,16?. The van der Waals surface area contributed by atoms with Crippen molar-refractivity contribution in [3.63, 3.8) is 0 Å². The lowest BCUT2D eigenvalue weighted by Crippen LogP contribution is -2.56. The summed E-state index contributed by atoms with van der Waals surface area (Å²) in [5, 5.41) is 3.89. The van der Waals surface area contributed by atoms with Crippen LogP contribution in [0.15, 0.2) is 10.6 Å². The van der Waals surface area contributed by atoms with Crippen LogP contribution in [0.2, 0.25) is 0 Å². The fourth-order valence-electron chi connectivity index (χ4n) is 5.17. The number of rotatable bonds is 3. The van der Waals surface area contributed by atoms with Crippen molar-refractivity contribution in [3.8, 4) is 0 Å². The van der Waals surface area contributed by atoms with Gasteiger partial charge in [-0.2, -0.15) is 0 Å². The van der Waals surface area contributed by atoms with Gasteiger partial charge in [-0.3, -0.25) is 4.79 Å². The summed E-state index contributed by atoms with van der Waals surface area (Å²) >= 11 is 3.93. The Labute approximate surface area is 132 Å². The monoisotopic (exact) mass is 353 g/mol. The van der Waals surface area contributed by atoms with Gasteiger partial charge >= 0.3 is 5.97 Å². The summed E-state index contributed by atoms with van der Waals surface area (Å²) in [4.78, 5) is 12.7. The maximum absolute atomic E-state index is 12.7. The number of carbonyl (C=O) groups is 1. The van der Waals surface area contributed by atoms with E-state index in [9.17, 15) is 4.79 Å². The highest BCUT2D eigenvalue weighted by atomic mass is 79.9. The number of hydrogen-bond donors (Lipinski definition) is 0. The molecular formula is C16H20BrNO3. The van der Waals surface area contributed by atoms with E-state index in [0.29, 0.717) is 17.5 Å². The van der Waals surface area contributed by atoms with E-state index in [0.717, 1.165) is 25.0 Å². The third-order valence-corrected chi connectivity index (χ3v) is 6.38. The van der Waals surface area contributed by atoms with E-state index in [1.165, 1.54) is 19.3 Å². The van der Waals surface area contributed by atoms with Gasteiger partial charge in [0.2, 0.25) is 0 Å². The molecule has 1 aromatic heterocycles. The van der Waals surface area contributed by atoms with Crippen molar-refractivity contribution < 1.29 is 14.1 Å². The molecule has 4 nitrogen and oxygen atoms in total. The zero-order valence-electron chi connectivity index (χ0n) is 12.2. The first-order chi connectivity index (χ1) is 9.96. The van der Waals surface area contributed by atoms with Gasteiger partial charge < -0.3 is 9.26 Å². The first kappa shape index (κ1) is 13.8. The highest BCUT2D eigenvalue weighted by molar-refractivity contribution is 9.10. The van der Waals surface area contributed by atoms with Crippen molar-refractivity contribution in [1.82, 2.24) is 5.16 Å². The quantitative estimate of drug-likeness (QED) is 0.613. The van der Waals surface area contributed by atoms with Gasteiger partial charge in [-0.05, 0) is 57.3 Å². The Kier molecular flexibility index (Phi) is 3.01. The molecule has 4 aliphatic carbocycles. The van der Waals surface area contributed by atoms with E-state index in [1.807, 2.05) is 13.0 Å². The number of halogens is 1. The average Bonchev–Trinajstić information content (AvgIpc) is 2.79. The summed E-state index contributed by atoms with van der Waals surface area (Å²) < 4.78 is 10.8. The van der Waals surface area contributed by atoms with Crippen molar-refractivity contribution in [3.05, 3.63) is 17.5 Å². The van der Waals surface area contributed by atoms with Gasteiger partial charge in [0.1, 0.15) is 18.1 Å². The van der Waals surface area contributed by atoms with Crippen molar-refractivity contribution in [2.75, 3.05) is 0 Å². The molecule has 2 unspecified atom stereocenters. The molecule has 4 bridgehead atoms. The van der Waals surface area contributed by atoms with Crippen LogP contribution in [0.5, 0.6) is 0 Å². The van der Waals surface area contributed by atoms with Gasteiger partial charge in [-0.1, -0.05) is 21.1 Å². The van der Waals surface area contributed by atoms with Crippen molar-refractivity contribution in [2.24, 2.45) is 17.3 Å². The van der Waals surface area contributed by atoms with Crippen LogP contribution < -0.4 is 0 Å². The third-order valence-electron chi connectivity index (χ3n) is 5.45. The molecule has 0 amide bonds. The van der Waals surface area contributed by atoms with Crippen LogP contribution in [0.3, 0.4) is 0 Å². The second kappa shape index (κ2) is 4.58. The van der Waals surface area contributed by atoms with E-state index in [1.54, 1.807) is 0 Å². The fourth-order valence-corrected chi connectivity index (χ4v) is 6.62. The maximum Gasteiger partial charge on any atom is 0.312 e. The van der Waals surface area contributed by atoms with Crippen LogP contribution in [0.25, 0.3) is 0 Å². The Bertz CT molecular complexity index is 568. The molecule has 21 heavy (non-hydrogen) atoms. The van der Waals surface area contributed by atoms with Gasteiger partial charge in [0.25, 0.3) is 0 Å². The minimum absolute atomic E-state index is 0.0268. The van der Waals surface area contributed by atoms with Gasteiger partial charge in [-0.25, -0.2) is 0 Å². The molecule has 0 aliphatic heterocycles. The lowest BCUT2D eigenvalue weighted by Gasteiger charge is -2.58. The summed E-state index contributed by atoms with van der Waals surface area (Å²) in [6.07, 6.45) is 6.69. The number of esters is 1. The van der Waals surface area contributed by atoms with E-state index < -0.39 is 0 Å². The first-order valence-electron chi connectivity index (χ1n) is 7.75. The molecular weight excluding hydrogens is 334 g/mol. The highest BCUT2D eigenvalue weighted by Crippen LogP contribution is 2.64. The van der Waals surface area contributed by atoms with Crippen LogP contribution >= 0.6 is 15.9 Å². The van der Waals surface area contributed by atoms with E-state index in [-0.39, 0.29) is 22.3 Å². The Balaban J connectivity index is 1.49. The Morgan fingerprint density at radius 2 is 2.14 bits per heavy atom. The molecule has 0 saturated heterocycles. The first-order valence-corrected chi connectivity index (χ1v) is 8.54. The van der Waals surface area contributed by atoms with Crippen LogP contribution in [-0.4, -0.2) is 15.5 Å². The molecule has 0 radical (unpaired) electrons. The Morgan fingerprint density at radius 1 is 1.43 bits per heavy atom. The van der Waals surface area contributed by atoms with Gasteiger partial charge in [-0.15, -0.1) is 0 Å². The molecule has 5 rings (SSSR count). The number of aromatic nitrogens is 1. The topological polar surface area (TPSA) is 52.3 Å².